The quantitative estimate of drug-likeness (QED) is 0.780. The van der Waals surface area contributed by atoms with Gasteiger partial charge in [0.05, 0.1) is 6.61 Å². The average Bonchev–Trinajstić information content (AvgIpc) is 2.26. The van der Waals surface area contributed by atoms with Gasteiger partial charge in [-0.25, -0.2) is 0 Å². The number of fused-ring (bicyclic) bond motifs is 2. The molecule has 2 aliphatic heterocycles. The number of anilines is 1. The maximum Gasteiger partial charge on any atom is 0.158 e. The molecule has 16 heavy (non-hydrogen) atoms. The van der Waals surface area contributed by atoms with E-state index in [-0.39, 0.29) is 5.72 Å². The smallest absolute Gasteiger partial charge is 0.158 e. The lowest BCUT2D eigenvalue weighted by Crippen LogP contribution is -2.44. The van der Waals surface area contributed by atoms with Crippen LogP contribution in [0.25, 0.3) is 6.08 Å². The number of ether oxygens (including phenoxy) is 1. The average molecular weight is 280 g/mol. The van der Waals surface area contributed by atoms with Crippen LogP contribution in [0.4, 0.5) is 5.69 Å². The minimum atomic E-state index is -0.293. The summed E-state index contributed by atoms with van der Waals surface area (Å²) in [6.45, 7) is 2.95. The van der Waals surface area contributed by atoms with Gasteiger partial charge in [-0.3, -0.25) is 0 Å². The summed E-state index contributed by atoms with van der Waals surface area (Å²) in [6.07, 6.45) is 4.50. The van der Waals surface area contributed by atoms with Crippen LogP contribution in [0.3, 0.4) is 0 Å². The van der Waals surface area contributed by atoms with Gasteiger partial charge in [0.15, 0.2) is 5.72 Å². The third-order valence-electron chi connectivity index (χ3n) is 3.31. The van der Waals surface area contributed by atoms with E-state index in [4.69, 9.17) is 4.74 Å². The fourth-order valence-corrected chi connectivity index (χ4v) is 2.79. The Labute approximate surface area is 104 Å². The lowest BCUT2D eigenvalue weighted by atomic mass is 9.90. The highest BCUT2D eigenvalue weighted by atomic mass is 79.9. The molecule has 3 rings (SSSR count). The van der Waals surface area contributed by atoms with Crippen molar-refractivity contribution >= 4 is 27.7 Å². The first-order valence-electron chi connectivity index (χ1n) is 5.60. The lowest BCUT2D eigenvalue weighted by Gasteiger charge is -2.41. The van der Waals surface area contributed by atoms with Gasteiger partial charge in [0.1, 0.15) is 0 Å². The van der Waals surface area contributed by atoms with Crippen molar-refractivity contribution in [1.82, 2.24) is 0 Å². The van der Waals surface area contributed by atoms with Crippen LogP contribution < -0.4 is 5.32 Å². The highest BCUT2D eigenvalue weighted by molar-refractivity contribution is 9.10. The maximum absolute atomic E-state index is 5.87. The molecule has 0 amide bonds. The van der Waals surface area contributed by atoms with Crippen molar-refractivity contribution in [3.05, 3.63) is 33.8 Å². The van der Waals surface area contributed by atoms with Crippen LogP contribution in [-0.4, -0.2) is 12.3 Å². The first-order valence-corrected chi connectivity index (χ1v) is 6.39. The number of nitrogens with one attached hydrogen (secondary N) is 1. The standard InChI is InChI=1S/C13H14BrNO/c1-13-10(3-2-6-16-13)7-9-8-11(14)4-5-12(9)15-13/h4-5,7-8,15H,2-3,6H2,1H3. The van der Waals surface area contributed by atoms with Crippen LogP contribution in [0.15, 0.2) is 28.2 Å². The molecule has 1 atom stereocenters. The van der Waals surface area contributed by atoms with Gasteiger partial charge in [0.25, 0.3) is 0 Å². The van der Waals surface area contributed by atoms with E-state index >= 15 is 0 Å². The second kappa shape index (κ2) is 3.60. The normalized spacial score (nSPS) is 27.5. The minimum Gasteiger partial charge on any atom is -0.354 e. The van der Waals surface area contributed by atoms with Crippen molar-refractivity contribution in [2.24, 2.45) is 0 Å². The Hall–Kier alpha value is -0.800. The van der Waals surface area contributed by atoms with Crippen LogP contribution in [0, 0.1) is 0 Å². The molecule has 2 aliphatic rings. The second-order valence-electron chi connectivity index (χ2n) is 4.51. The van der Waals surface area contributed by atoms with Gasteiger partial charge in [0.2, 0.25) is 0 Å². The van der Waals surface area contributed by atoms with Gasteiger partial charge in [-0.1, -0.05) is 15.9 Å². The fourth-order valence-electron chi connectivity index (χ4n) is 2.41. The minimum absolute atomic E-state index is 0.293. The van der Waals surface area contributed by atoms with Gasteiger partial charge in [-0.05, 0) is 55.2 Å². The van der Waals surface area contributed by atoms with Crippen molar-refractivity contribution in [3.8, 4) is 0 Å². The molecular formula is C13H14BrNO. The number of benzene rings is 1. The number of rotatable bonds is 0. The third kappa shape index (κ3) is 1.59. The van der Waals surface area contributed by atoms with Crippen molar-refractivity contribution in [1.29, 1.82) is 0 Å². The number of hydrogen-bond donors (Lipinski definition) is 1. The topological polar surface area (TPSA) is 21.3 Å². The van der Waals surface area contributed by atoms with Crippen LogP contribution in [0.1, 0.15) is 25.3 Å². The van der Waals surface area contributed by atoms with Gasteiger partial charge in [0, 0.05) is 10.2 Å². The molecule has 2 nitrogen and oxygen atoms in total. The molecule has 0 aromatic heterocycles. The molecule has 84 valence electrons. The molecule has 0 spiro atoms. The van der Waals surface area contributed by atoms with E-state index in [9.17, 15) is 0 Å². The van der Waals surface area contributed by atoms with Crippen LogP contribution >= 0.6 is 15.9 Å². The summed E-state index contributed by atoms with van der Waals surface area (Å²) in [6, 6.07) is 6.29. The molecule has 1 fully saturated rings. The predicted octanol–water partition coefficient (Wildman–Crippen LogP) is 3.78. The predicted molar refractivity (Wildman–Crippen MR) is 69.3 cm³/mol. The van der Waals surface area contributed by atoms with Crippen molar-refractivity contribution in [2.45, 2.75) is 25.5 Å². The van der Waals surface area contributed by atoms with E-state index in [2.05, 4.69) is 52.4 Å². The number of hydrogen-bond acceptors (Lipinski definition) is 2. The van der Waals surface area contributed by atoms with E-state index in [1.54, 1.807) is 0 Å². The molecule has 3 heteroatoms. The Bertz CT molecular complexity index is 469. The van der Waals surface area contributed by atoms with E-state index in [1.807, 2.05) is 0 Å². The summed E-state index contributed by atoms with van der Waals surface area (Å²) >= 11 is 3.50. The summed E-state index contributed by atoms with van der Waals surface area (Å²) in [4.78, 5) is 0. The molecule has 0 saturated carbocycles. The fraction of sp³-hybridized carbons (Fsp3) is 0.385. The maximum atomic E-state index is 5.87. The summed E-state index contributed by atoms with van der Waals surface area (Å²) in [5.74, 6) is 0. The molecule has 1 aromatic carbocycles. The molecule has 1 N–H and O–H groups in total. The molecule has 1 aromatic rings. The van der Waals surface area contributed by atoms with Crippen molar-refractivity contribution in [2.75, 3.05) is 11.9 Å². The van der Waals surface area contributed by atoms with Gasteiger partial charge in [-0.2, -0.15) is 0 Å². The van der Waals surface area contributed by atoms with E-state index in [1.165, 1.54) is 11.1 Å². The van der Waals surface area contributed by atoms with Gasteiger partial charge >= 0.3 is 0 Å². The molecule has 0 radical (unpaired) electrons. The highest BCUT2D eigenvalue weighted by Crippen LogP contribution is 2.39. The van der Waals surface area contributed by atoms with Crippen LogP contribution in [-0.2, 0) is 4.74 Å². The third-order valence-corrected chi connectivity index (χ3v) is 3.80. The molecule has 2 heterocycles. The Morgan fingerprint density at radius 2 is 2.31 bits per heavy atom. The van der Waals surface area contributed by atoms with Crippen LogP contribution in [0.2, 0.25) is 0 Å². The lowest BCUT2D eigenvalue weighted by molar-refractivity contribution is -0.00492. The zero-order chi connectivity index (χ0) is 11.2. The first kappa shape index (κ1) is 10.4. The summed E-state index contributed by atoms with van der Waals surface area (Å²) in [5, 5.41) is 3.49. The summed E-state index contributed by atoms with van der Waals surface area (Å²) in [5.41, 5.74) is 3.45. The zero-order valence-corrected chi connectivity index (χ0v) is 10.8. The van der Waals surface area contributed by atoms with E-state index < -0.39 is 0 Å². The Morgan fingerprint density at radius 1 is 1.44 bits per heavy atom. The second-order valence-corrected chi connectivity index (χ2v) is 5.43. The summed E-state index contributed by atoms with van der Waals surface area (Å²) < 4.78 is 6.98. The Kier molecular flexibility index (Phi) is 2.33. The molecule has 1 saturated heterocycles. The number of halogens is 1. The van der Waals surface area contributed by atoms with Gasteiger partial charge < -0.3 is 10.1 Å². The zero-order valence-electron chi connectivity index (χ0n) is 9.22. The molecule has 0 bridgehead atoms. The largest absolute Gasteiger partial charge is 0.354 e. The monoisotopic (exact) mass is 279 g/mol. The Balaban J connectivity index is 2.09. The first-order chi connectivity index (χ1) is 7.67. The molecule has 1 unspecified atom stereocenters. The van der Waals surface area contributed by atoms with Gasteiger partial charge in [-0.15, -0.1) is 0 Å². The Morgan fingerprint density at radius 3 is 3.19 bits per heavy atom. The van der Waals surface area contributed by atoms with Crippen molar-refractivity contribution in [3.63, 3.8) is 0 Å². The summed E-state index contributed by atoms with van der Waals surface area (Å²) in [7, 11) is 0. The van der Waals surface area contributed by atoms with Crippen LogP contribution in [0.5, 0.6) is 0 Å². The van der Waals surface area contributed by atoms with E-state index in [0.29, 0.717) is 0 Å². The molecule has 0 aliphatic carbocycles. The van der Waals surface area contributed by atoms with E-state index in [0.717, 1.165) is 29.6 Å². The highest BCUT2D eigenvalue weighted by Gasteiger charge is 2.35. The van der Waals surface area contributed by atoms with Crippen molar-refractivity contribution < 1.29 is 4.74 Å². The molecular weight excluding hydrogens is 266 g/mol. The SMILES string of the molecule is CC12Nc3ccc(Br)cc3C=C1CCCO2.